The Kier molecular flexibility index (Phi) is 5.78. The lowest BCUT2D eigenvalue weighted by Crippen LogP contribution is -2.24. The first kappa shape index (κ1) is 20.2. The largest absolute Gasteiger partial charge is 0.410 e. The van der Waals surface area contributed by atoms with E-state index in [9.17, 15) is 4.79 Å². The number of carbonyl (C=O) groups is 1. The Hall–Kier alpha value is -2.13. The van der Waals surface area contributed by atoms with Crippen LogP contribution >= 0.6 is 23.1 Å². The van der Waals surface area contributed by atoms with Gasteiger partial charge < -0.3 is 9.73 Å². The van der Waals surface area contributed by atoms with Crippen LogP contribution in [0.2, 0.25) is 0 Å². The maximum atomic E-state index is 12.6. The maximum Gasteiger partial charge on any atom is 0.277 e. The number of aromatic nitrogens is 4. The highest BCUT2D eigenvalue weighted by Gasteiger charge is 2.23. The molecule has 4 rings (SSSR count). The Balaban J connectivity index is 1.41. The molecule has 29 heavy (non-hydrogen) atoms. The summed E-state index contributed by atoms with van der Waals surface area (Å²) >= 11 is 3.00. The fraction of sp³-hybridized carbons (Fsp3) is 0.500. The number of thiophene rings is 1. The predicted molar refractivity (Wildman–Crippen MR) is 115 cm³/mol. The van der Waals surface area contributed by atoms with Crippen LogP contribution in [0.3, 0.4) is 0 Å². The molecular formula is C20H25N5O2S2. The Bertz CT molecular complexity index is 1010. The molecule has 3 aromatic heterocycles. The third kappa shape index (κ3) is 4.40. The molecule has 3 heterocycles. The van der Waals surface area contributed by atoms with Crippen molar-refractivity contribution in [2.24, 2.45) is 5.92 Å². The van der Waals surface area contributed by atoms with Gasteiger partial charge in [0.05, 0.1) is 16.3 Å². The quantitative estimate of drug-likeness (QED) is 0.563. The van der Waals surface area contributed by atoms with E-state index < -0.39 is 0 Å². The first-order valence-corrected chi connectivity index (χ1v) is 11.6. The minimum atomic E-state index is -0.379. The topological polar surface area (TPSA) is 85.8 Å². The van der Waals surface area contributed by atoms with E-state index in [0.717, 1.165) is 23.6 Å². The van der Waals surface area contributed by atoms with Crippen molar-refractivity contribution in [1.29, 1.82) is 0 Å². The molecule has 9 heteroatoms. The summed E-state index contributed by atoms with van der Waals surface area (Å²) in [5, 5.41) is 15.5. The van der Waals surface area contributed by atoms with E-state index in [2.05, 4.69) is 33.6 Å². The van der Waals surface area contributed by atoms with Gasteiger partial charge >= 0.3 is 0 Å². The second-order valence-electron chi connectivity index (χ2n) is 7.78. The number of thioether (sulfide) groups is 1. The number of hydrogen-bond donors (Lipinski definition) is 1. The van der Waals surface area contributed by atoms with Crippen molar-refractivity contribution in [3.8, 4) is 10.8 Å². The van der Waals surface area contributed by atoms with Crippen molar-refractivity contribution in [3.05, 3.63) is 28.8 Å². The third-order valence-corrected chi connectivity index (χ3v) is 7.16. The Morgan fingerprint density at radius 2 is 2.21 bits per heavy atom. The summed E-state index contributed by atoms with van der Waals surface area (Å²) < 4.78 is 7.62. The minimum Gasteiger partial charge on any atom is -0.410 e. The number of hydrogen-bond acceptors (Lipinski definition) is 7. The molecule has 0 saturated carbocycles. The van der Waals surface area contributed by atoms with Crippen LogP contribution < -0.4 is 5.32 Å². The predicted octanol–water partition coefficient (Wildman–Crippen LogP) is 4.82. The first-order valence-electron chi connectivity index (χ1n) is 9.87. The number of fused-ring (bicyclic) bond motifs is 1. The number of amides is 1. The molecule has 0 unspecified atom stereocenters. The van der Waals surface area contributed by atoms with Crippen LogP contribution in [0.5, 0.6) is 0 Å². The molecule has 2 atom stereocenters. The molecule has 0 bridgehead atoms. The number of nitrogens with one attached hydrogen (secondary N) is 1. The highest BCUT2D eigenvalue weighted by atomic mass is 32.2. The molecule has 0 radical (unpaired) electrons. The molecule has 0 aromatic carbocycles. The second kappa shape index (κ2) is 8.31. The lowest BCUT2D eigenvalue weighted by atomic mass is 9.90. The molecule has 1 aliphatic carbocycles. The van der Waals surface area contributed by atoms with Crippen LogP contribution in [0.1, 0.15) is 50.6 Å². The molecular weight excluding hydrogens is 406 g/mol. The van der Waals surface area contributed by atoms with Gasteiger partial charge in [0.15, 0.2) is 0 Å². The highest BCUT2D eigenvalue weighted by Crippen LogP contribution is 2.37. The van der Waals surface area contributed by atoms with Gasteiger partial charge in [0.1, 0.15) is 5.82 Å². The minimum absolute atomic E-state index is 0.127. The van der Waals surface area contributed by atoms with Crippen LogP contribution in [0.25, 0.3) is 10.8 Å². The maximum absolute atomic E-state index is 12.6. The standard InChI is InChI=1S/C20H25N5O2S2/c1-11(2)25-17(7-8-21-25)22-18(26)13(4)28-20-24-23-19(27-20)16-10-14-9-12(3)5-6-15(14)29-16/h7-8,10-13H,5-6,9H2,1-4H3,(H,22,26)/t12-,13-/m0/s1. The lowest BCUT2D eigenvalue weighted by molar-refractivity contribution is -0.115. The SMILES string of the molecule is CC(C)n1nccc1NC(=O)[C@H](C)Sc1nnc(-c2cc3c(s2)CC[C@H](C)C3)o1. The van der Waals surface area contributed by atoms with Crippen LogP contribution in [0, 0.1) is 5.92 Å². The monoisotopic (exact) mass is 431 g/mol. The van der Waals surface area contributed by atoms with E-state index in [-0.39, 0.29) is 17.2 Å². The molecule has 7 nitrogen and oxygen atoms in total. The fourth-order valence-electron chi connectivity index (χ4n) is 3.43. The van der Waals surface area contributed by atoms with Crippen molar-refractivity contribution in [2.45, 2.75) is 63.5 Å². The summed E-state index contributed by atoms with van der Waals surface area (Å²) in [4.78, 5) is 15.0. The van der Waals surface area contributed by atoms with Crippen LogP contribution in [-0.4, -0.2) is 31.1 Å². The first-order chi connectivity index (χ1) is 13.9. The van der Waals surface area contributed by atoms with Gasteiger partial charge in [-0.05, 0) is 57.6 Å². The molecule has 0 spiro atoms. The fourth-order valence-corrected chi connectivity index (χ4v) is 5.24. The van der Waals surface area contributed by atoms with Crippen molar-refractivity contribution < 1.29 is 9.21 Å². The number of rotatable bonds is 6. The van der Waals surface area contributed by atoms with Gasteiger partial charge in [-0.1, -0.05) is 18.7 Å². The van der Waals surface area contributed by atoms with Gasteiger partial charge in [0.2, 0.25) is 5.91 Å². The molecule has 0 saturated heterocycles. The zero-order chi connectivity index (χ0) is 20.5. The van der Waals surface area contributed by atoms with Crippen LogP contribution in [0.4, 0.5) is 5.82 Å². The van der Waals surface area contributed by atoms with E-state index in [1.807, 2.05) is 20.8 Å². The zero-order valence-electron chi connectivity index (χ0n) is 17.0. The Morgan fingerprint density at radius 3 is 3.00 bits per heavy atom. The lowest BCUT2D eigenvalue weighted by Gasteiger charge is -2.16. The van der Waals surface area contributed by atoms with Crippen molar-refractivity contribution >= 4 is 34.8 Å². The van der Waals surface area contributed by atoms with Gasteiger partial charge in [-0.15, -0.1) is 21.5 Å². The number of aryl methyl sites for hydroxylation is 1. The van der Waals surface area contributed by atoms with Gasteiger partial charge in [0, 0.05) is 17.0 Å². The molecule has 0 aliphatic heterocycles. The molecule has 0 fully saturated rings. The molecule has 1 aliphatic rings. The van der Waals surface area contributed by atoms with Crippen molar-refractivity contribution in [2.75, 3.05) is 5.32 Å². The zero-order valence-corrected chi connectivity index (χ0v) is 18.6. The number of nitrogens with zero attached hydrogens (tertiary/aromatic N) is 4. The summed E-state index contributed by atoms with van der Waals surface area (Å²) in [6, 6.07) is 4.14. The summed E-state index contributed by atoms with van der Waals surface area (Å²) in [6.07, 6.45) is 5.16. The van der Waals surface area contributed by atoms with E-state index in [1.165, 1.54) is 28.6 Å². The van der Waals surface area contributed by atoms with E-state index >= 15 is 0 Å². The summed E-state index contributed by atoms with van der Waals surface area (Å²) in [6.45, 7) is 8.15. The average molecular weight is 432 g/mol. The summed E-state index contributed by atoms with van der Waals surface area (Å²) in [7, 11) is 0. The van der Waals surface area contributed by atoms with Crippen molar-refractivity contribution in [1.82, 2.24) is 20.0 Å². The summed E-state index contributed by atoms with van der Waals surface area (Å²) in [5.41, 5.74) is 1.41. The van der Waals surface area contributed by atoms with Gasteiger partial charge in [-0.3, -0.25) is 4.79 Å². The van der Waals surface area contributed by atoms with Gasteiger partial charge in [-0.2, -0.15) is 5.10 Å². The van der Waals surface area contributed by atoms with Gasteiger partial charge in [0.25, 0.3) is 11.1 Å². The third-order valence-electron chi connectivity index (χ3n) is 5.00. The van der Waals surface area contributed by atoms with Gasteiger partial charge in [-0.25, -0.2) is 4.68 Å². The van der Waals surface area contributed by atoms with Crippen LogP contribution in [0.15, 0.2) is 28.0 Å². The average Bonchev–Trinajstić information content (AvgIpc) is 3.39. The van der Waals surface area contributed by atoms with E-state index in [4.69, 9.17) is 4.42 Å². The molecule has 1 N–H and O–H groups in total. The molecule has 1 amide bonds. The van der Waals surface area contributed by atoms with Crippen molar-refractivity contribution in [3.63, 3.8) is 0 Å². The van der Waals surface area contributed by atoms with E-state index in [1.54, 1.807) is 28.3 Å². The molecule has 154 valence electrons. The Morgan fingerprint density at radius 1 is 1.38 bits per heavy atom. The number of anilines is 1. The molecule has 3 aromatic rings. The second-order valence-corrected chi connectivity index (χ2v) is 10.2. The summed E-state index contributed by atoms with van der Waals surface area (Å²) in [5.74, 6) is 1.81. The van der Waals surface area contributed by atoms with Crippen LogP contribution in [-0.2, 0) is 17.6 Å². The Labute approximate surface area is 178 Å². The highest BCUT2D eigenvalue weighted by molar-refractivity contribution is 8.00. The number of carbonyl (C=O) groups excluding carboxylic acids is 1. The van der Waals surface area contributed by atoms with E-state index in [0.29, 0.717) is 16.9 Å². The smallest absolute Gasteiger partial charge is 0.277 e. The normalized spacial score (nSPS) is 17.3.